The summed E-state index contributed by atoms with van der Waals surface area (Å²) in [4.78, 5) is 27.5. The zero-order valence-electron chi connectivity index (χ0n) is 14.5. The van der Waals surface area contributed by atoms with Crippen LogP contribution in [0.2, 0.25) is 0 Å². The monoisotopic (exact) mass is 412 g/mol. The fourth-order valence-electron chi connectivity index (χ4n) is 3.09. The Hall–Kier alpha value is -1.06. The van der Waals surface area contributed by atoms with Gasteiger partial charge >= 0.3 is 6.03 Å². The maximum Gasteiger partial charge on any atom is 0.315 e. The number of nitrogens with one attached hydrogen (secondary N) is 3. The first kappa shape index (κ1) is 19.7. The highest BCUT2D eigenvalue weighted by Crippen LogP contribution is 2.33. The number of carbonyl (C=O) groups is 2. The summed E-state index contributed by atoms with van der Waals surface area (Å²) in [6.07, 6.45) is 5.34. The van der Waals surface area contributed by atoms with E-state index in [1.165, 1.54) is 0 Å². The number of hydrogen-bond donors (Lipinski definition) is 3. The molecule has 0 aromatic carbocycles. The first-order chi connectivity index (χ1) is 12.7. The molecule has 3 heterocycles. The van der Waals surface area contributed by atoms with Gasteiger partial charge in [-0.05, 0) is 35.8 Å². The molecule has 1 aromatic rings. The van der Waals surface area contributed by atoms with Crippen molar-refractivity contribution in [2.45, 2.75) is 48.0 Å². The molecule has 3 N–H and O–H groups in total. The van der Waals surface area contributed by atoms with Gasteiger partial charge in [0.25, 0.3) is 0 Å². The molecule has 0 aliphatic carbocycles. The van der Waals surface area contributed by atoms with E-state index in [1.807, 2.05) is 30.0 Å². The van der Waals surface area contributed by atoms with Crippen LogP contribution in [0, 0.1) is 0 Å². The fraction of sp³-hybridized carbons (Fsp3) is 0.588. The van der Waals surface area contributed by atoms with Gasteiger partial charge in [-0.15, -0.1) is 0 Å². The molecule has 0 spiro atoms. The van der Waals surface area contributed by atoms with Crippen LogP contribution in [0.4, 0.5) is 4.79 Å². The number of rotatable bonds is 10. The van der Waals surface area contributed by atoms with Crippen LogP contribution in [0.3, 0.4) is 0 Å². The number of aromatic nitrogens is 1. The van der Waals surface area contributed by atoms with Gasteiger partial charge in [-0.1, -0.05) is 23.3 Å². The maximum atomic E-state index is 11.9. The summed E-state index contributed by atoms with van der Waals surface area (Å²) in [6.45, 7) is 0.684. The van der Waals surface area contributed by atoms with Gasteiger partial charge in [-0.2, -0.15) is 11.8 Å². The fourth-order valence-corrected chi connectivity index (χ4v) is 6.42. The Kier molecular flexibility index (Phi) is 7.82. The number of thioether (sulfide) groups is 1. The van der Waals surface area contributed by atoms with Crippen LogP contribution < -0.4 is 16.0 Å². The van der Waals surface area contributed by atoms with Gasteiger partial charge in [0.05, 0.1) is 12.1 Å². The average Bonchev–Trinajstić information content (AvgIpc) is 3.19. The van der Waals surface area contributed by atoms with Crippen LogP contribution in [0.1, 0.15) is 25.7 Å². The van der Waals surface area contributed by atoms with Crippen molar-refractivity contribution in [2.24, 2.45) is 0 Å². The quantitative estimate of drug-likeness (QED) is 0.311. The van der Waals surface area contributed by atoms with Crippen LogP contribution in [0.25, 0.3) is 0 Å². The van der Waals surface area contributed by atoms with E-state index in [0.717, 1.165) is 35.8 Å². The van der Waals surface area contributed by atoms with Crippen molar-refractivity contribution in [2.75, 3.05) is 18.1 Å². The SMILES string of the molecule is O=C(CCCC[C@@H]1SC[C@H]2NC(=O)N[C@@H]12)NCCSSc1ccccn1. The highest BCUT2D eigenvalue weighted by atomic mass is 33.1. The molecule has 1 aromatic heterocycles. The second-order valence-corrected chi connectivity index (χ2v) is 10.00. The molecule has 0 saturated carbocycles. The van der Waals surface area contributed by atoms with Gasteiger partial charge < -0.3 is 16.0 Å². The minimum atomic E-state index is -0.0382. The van der Waals surface area contributed by atoms with Crippen molar-refractivity contribution in [3.8, 4) is 0 Å². The number of hydrogen-bond acceptors (Lipinski definition) is 6. The van der Waals surface area contributed by atoms with E-state index in [-0.39, 0.29) is 24.0 Å². The molecule has 0 radical (unpaired) electrons. The lowest BCUT2D eigenvalue weighted by Crippen LogP contribution is -2.36. The molecule has 3 rings (SSSR count). The summed E-state index contributed by atoms with van der Waals surface area (Å²) >= 11 is 1.92. The second kappa shape index (κ2) is 10.3. The van der Waals surface area contributed by atoms with Crippen molar-refractivity contribution in [3.63, 3.8) is 0 Å². The number of fused-ring (bicyclic) bond motifs is 1. The van der Waals surface area contributed by atoms with Crippen LogP contribution >= 0.6 is 33.3 Å². The molecule has 6 nitrogen and oxygen atoms in total. The number of pyridine rings is 1. The third kappa shape index (κ3) is 5.99. The molecule has 2 saturated heterocycles. The minimum absolute atomic E-state index is 0.0382. The van der Waals surface area contributed by atoms with Crippen molar-refractivity contribution >= 4 is 45.3 Å². The minimum Gasteiger partial charge on any atom is -0.355 e. The average molecular weight is 413 g/mol. The Labute approximate surface area is 166 Å². The predicted molar refractivity (Wildman–Crippen MR) is 110 cm³/mol. The first-order valence-corrected chi connectivity index (χ1v) is 12.2. The number of unbranched alkanes of at least 4 members (excludes halogenated alkanes) is 1. The molecule has 2 aliphatic rings. The normalized spacial score (nSPS) is 24.0. The molecule has 0 bridgehead atoms. The van der Waals surface area contributed by atoms with Gasteiger partial charge in [0.15, 0.2) is 0 Å². The third-order valence-electron chi connectivity index (χ3n) is 4.37. The predicted octanol–water partition coefficient (Wildman–Crippen LogP) is 2.66. The van der Waals surface area contributed by atoms with Crippen LogP contribution in [-0.2, 0) is 4.79 Å². The van der Waals surface area contributed by atoms with Crippen molar-refractivity contribution in [1.29, 1.82) is 0 Å². The standard InChI is InChI=1S/C17H24N4O2S3/c22-14(18-9-10-25-26-15-7-3-4-8-19-15)6-2-1-5-13-16-12(11-24-13)20-17(23)21-16/h3-4,7-8,12-13,16H,1-2,5-6,9-11H2,(H,18,22)(H2,20,21,23)/t12-,13+,16-/m1/s1. The molecule has 2 fully saturated rings. The Bertz CT molecular complexity index is 605. The molecule has 142 valence electrons. The van der Waals surface area contributed by atoms with Crippen LogP contribution in [0.5, 0.6) is 0 Å². The van der Waals surface area contributed by atoms with E-state index >= 15 is 0 Å². The summed E-state index contributed by atoms with van der Waals surface area (Å²) in [7, 11) is 3.33. The lowest BCUT2D eigenvalue weighted by molar-refractivity contribution is -0.121. The lowest BCUT2D eigenvalue weighted by atomic mass is 10.0. The van der Waals surface area contributed by atoms with E-state index < -0.39 is 0 Å². The largest absolute Gasteiger partial charge is 0.355 e. The van der Waals surface area contributed by atoms with Gasteiger partial charge in [0, 0.05) is 35.9 Å². The van der Waals surface area contributed by atoms with E-state index in [2.05, 4.69) is 20.9 Å². The number of amides is 3. The van der Waals surface area contributed by atoms with Crippen molar-refractivity contribution in [1.82, 2.24) is 20.9 Å². The van der Waals surface area contributed by atoms with Gasteiger partial charge in [0.1, 0.15) is 5.03 Å². The summed E-state index contributed by atoms with van der Waals surface area (Å²) in [5.41, 5.74) is 0. The number of urea groups is 1. The Balaban J connectivity index is 1.19. The van der Waals surface area contributed by atoms with Gasteiger partial charge in [0.2, 0.25) is 5.91 Å². The zero-order valence-corrected chi connectivity index (χ0v) is 16.9. The number of nitrogens with zero attached hydrogens (tertiary/aromatic N) is 1. The molecule has 3 atom stereocenters. The van der Waals surface area contributed by atoms with Crippen LogP contribution in [-0.4, -0.2) is 52.3 Å². The Morgan fingerprint density at radius 2 is 2.27 bits per heavy atom. The Morgan fingerprint density at radius 3 is 3.12 bits per heavy atom. The van der Waals surface area contributed by atoms with E-state index in [9.17, 15) is 9.59 Å². The van der Waals surface area contributed by atoms with Gasteiger partial charge in [-0.25, -0.2) is 9.78 Å². The first-order valence-electron chi connectivity index (χ1n) is 8.88. The second-order valence-electron chi connectivity index (χ2n) is 6.29. The molecular formula is C17H24N4O2S3. The molecule has 9 heteroatoms. The molecule has 3 amide bonds. The Morgan fingerprint density at radius 1 is 1.35 bits per heavy atom. The van der Waals surface area contributed by atoms with Crippen LogP contribution in [0.15, 0.2) is 29.4 Å². The lowest BCUT2D eigenvalue weighted by Gasteiger charge is -2.16. The molecular weight excluding hydrogens is 388 g/mol. The number of carbonyl (C=O) groups excluding carboxylic acids is 2. The molecule has 0 unspecified atom stereocenters. The van der Waals surface area contributed by atoms with E-state index in [4.69, 9.17) is 0 Å². The molecule has 2 aliphatic heterocycles. The zero-order chi connectivity index (χ0) is 18.2. The summed E-state index contributed by atoms with van der Waals surface area (Å²) < 4.78 is 0. The maximum absolute atomic E-state index is 11.9. The van der Waals surface area contributed by atoms with Gasteiger partial charge in [-0.3, -0.25) is 4.79 Å². The summed E-state index contributed by atoms with van der Waals surface area (Å²) in [5, 5.41) is 10.4. The highest BCUT2D eigenvalue weighted by Gasteiger charge is 2.42. The smallest absolute Gasteiger partial charge is 0.315 e. The summed E-state index contributed by atoms with van der Waals surface area (Å²) in [5.74, 6) is 1.98. The van der Waals surface area contributed by atoms with E-state index in [1.54, 1.807) is 27.8 Å². The highest BCUT2D eigenvalue weighted by molar-refractivity contribution is 8.76. The third-order valence-corrected chi connectivity index (χ3v) is 8.15. The van der Waals surface area contributed by atoms with Crippen molar-refractivity contribution < 1.29 is 9.59 Å². The summed E-state index contributed by atoms with van der Waals surface area (Å²) in [6, 6.07) is 6.35. The van der Waals surface area contributed by atoms with E-state index in [0.29, 0.717) is 18.2 Å². The molecule has 26 heavy (non-hydrogen) atoms. The van der Waals surface area contributed by atoms with Crippen molar-refractivity contribution in [3.05, 3.63) is 24.4 Å². The topological polar surface area (TPSA) is 83.1 Å².